The van der Waals surface area contributed by atoms with Gasteiger partial charge >= 0.3 is 9.46 Å². The summed E-state index contributed by atoms with van der Waals surface area (Å²) in [5, 5.41) is 2.25. The lowest BCUT2D eigenvalue weighted by Crippen LogP contribution is -1.90. The molecule has 3 heteroatoms. The zero-order valence-electron chi connectivity index (χ0n) is 8.74. The van der Waals surface area contributed by atoms with Gasteiger partial charge in [0.05, 0.1) is 0 Å². The first kappa shape index (κ1) is 11.0. The van der Waals surface area contributed by atoms with E-state index in [2.05, 4.69) is 0 Å². The second-order valence-corrected chi connectivity index (χ2v) is 4.85. The standard InChI is InChI=1S/C13H12F2Si/c14-16(15)10-4-8-12-7-3-6-11-5-1-2-9-13(11)12/h1-9,16H,10H2. The maximum atomic E-state index is 12.1. The van der Waals surface area contributed by atoms with Crippen LogP contribution in [0.25, 0.3) is 16.8 Å². The van der Waals surface area contributed by atoms with Gasteiger partial charge in [0, 0.05) is 6.04 Å². The number of hydrogen-bond acceptors (Lipinski definition) is 0. The van der Waals surface area contributed by atoms with Gasteiger partial charge in [-0.3, -0.25) is 8.22 Å². The predicted molar refractivity (Wildman–Crippen MR) is 67.2 cm³/mol. The van der Waals surface area contributed by atoms with Crippen LogP contribution in [0.4, 0.5) is 8.22 Å². The molecule has 0 fully saturated rings. The highest BCUT2D eigenvalue weighted by Crippen LogP contribution is 2.19. The summed E-state index contributed by atoms with van der Waals surface area (Å²) in [6.07, 6.45) is 3.38. The van der Waals surface area contributed by atoms with Crippen LogP contribution in [0.15, 0.2) is 48.5 Å². The van der Waals surface area contributed by atoms with Crippen molar-refractivity contribution in [2.75, 3.05) is 0 Å². The van der Waals surface area contributed by atoms with Crippen LogP contribution in [0.2, 0.25) is 6.04 Å². The van der Waals surface area contributed by atoms with Crippen LogP contribution >= 0.6 is 0 Å². The van der Waals surface area contributed by atoms with Crippen LogP contribution in [0.3, 0.4) is 0 Å². The molecule has 2 aromatic carbocycles. The van der Waals surface area contributed by atoms with Crippen LogP contribution < -0.4 is 0 Å². The minimum atomic E-state index is -3.46. The molecule has 2 aromatic rings. The van der Waals surface area contributed by atoms with Crippen molar-refractivity contribution in [3.63, 3.8) is 0 Å². The molecule has 0 radical (unpaired) electrons. The van der Waals surface area contributed by atoms with Crippen molar-refractivity contribution < 1.29 is 8.22 Å². The molecule has 0 saturated carbocycles. The molecule has 0 aliphatic heterocycles. The van der Waals surface area contributed by atoms with Gasteiger partial charge in [-0.2, -0.15) is 0 Å². The summed E-state index contributed by atoms with van der Waals surface area (Å²) < 4.78 is 24.3. The molecule has 0 unspecified atom stereocenters. The van der Waals surface area contributed by atoms with Crippen LogP contribution in [0, 0.1) is 0 Å². The van der Waals surface area contributed by atoms with E-state index in [1.807, 2.05) is 42.5 Å². The Kier molecular flexibility index (Phi) is 3.46. The average Bonchev–Trinajstić information content (AvgIpc) is 2.29. The van der Waals surface area contributed by atoms with Gasteiger partial charge in [0.25, 0.3) is 0 Å². The number of fused-ring (bicyclic) bond motifs is 1. The normalized spacial score (nSPS) is 11.7. The van der Waals surface area contributed by atoms with Gasteiger partial charge in [0.15, 0.2) is 0 Å². The van der Waals surface area contributed by atoms with E-state index in [9.17, 15) is 8.22 Å². The van der Waals surface area contributed by atoms with Gasteiger partial charge in [0.2, 0.25) is 0 Å². The van der Waals surface area contributed by atoms with Crippen LogP contribution in [-0.2, 0) is 0 Å². The number of benzene rings is 2. The maximum absolute atomic E-state index is 12.1. The van der Waals surface area contributed by atoms with Crippen molar-refractivity contribution in [2.45, 2.75) is 6.04 Å². The van der Waals surface area contributed by atoms with E-state index in [1.54, 1.807) is 12.2 Å². The summed E-state index contributed by atoms with van der Waals surface area (Å²) in [4.78, 5) is 0. The topological polar surface area (TPSA) is 0 Å². The van der Waals surface area contributed by atoms with Crippen molar-refractivity contribution in [3.05, 3.63) is 54.1 Å². The zero-order valence-corrected chi connectivity index (χ0v) is 9.89. The molecule has 0 atom stereocenters. The van der Waals surface area contributed by atoms with Crippen molar-refractivity contribution in [3.8, 4) is 0 Å². The SMILES string of the molecule is F[SiH](F)CC=Cc1cccc2ccccc12. The summed E-state index contributed by atoms with van der Waals surface area (Å²) in [6, 6.07) is 13.8. The number of hydrogen-bond donors (Lipinski definition) is 0. The predicted octanol–water partition coefficient (Wildman–Crippen LogP) is 4.01. The average molecular weight is 234 g/mol. The van der Waals surface area contributed by atoms with E-state index < -0.39 is 9.46 Å². The molecule has 0 aromatic heterocycles. The molecule has 0 spiro atoms. The van der Waals surface area contributed by atoms with Gasteiger partial charge in [0.1, 0.15) is 0 Å². The maximum Gasteiger partial charge on any atom is 0.415 e. The first-order valence-electron chi connectivity index (χ1n) is 5.20. The molecular weight excluding hydrogens is 222 g/mol. The molecule has 0 amide bonds. The third-order valence-electron chi connectivity index (χ3n) is 2.44. The third-order valence-corrected chi connectivity index (χ3v) is 3.06. The monoisotopic (exact) mass is 234 g/mol. The van der Waals surface area contributed by atoms with Gasteiger partial charge < -0.3 is 0 Å². The Morgan fingerprint density at radius 3 is 2.56 bits per heavy atom. The minimum absolute atomic E-state index is 0.0524. The number of allylic oxidation sites excluding steroid dienone is 1. The van der Waals surface area contributed by atoms with E-state index in [-0.39, 0.29) is 6.04 Å². The second-order valence-electron chi connectivity index (χ2n) is 3.60. The number of halogens is 2. The van der Waals surface area contributed by atoms with Crippen LogP contribution in [0.1, 0.15) is 5.56 Å². The smallest absolute Gasteiger partial charge is 0.274 e. The largest absolute Gasteiger partial charge is 0.415 e. The first-order valence-corrected chi connectivity index (χ1v) is 6.89. The molecule has 0 saturated heterocycles. The summed E-state index contributed by atoms with van der Waals surface area (Å²) in [6.45, 7) is 0. The van der Waals surface area contributed by atoms with Crippen molar-refractivity contribution in [1.29, 1.82) is 0 Å². The van der Waals surface area contributed by atoms with Crippen LogP contribution in [-0.4, -0.2) is 9.46 Å². The summed E-state index contributed by atoms with van der Waals surface area (Å²) in [7, 11) is -3.46. The van der Waals surface area contributed by atoms with Gasteiger partial charge in [-0.25, -0.2) is 0 Å². The van der Waals surface area contributed by atoms with Gasteiger partial charge in [-0.15, -0.1) is 0 Å². The Balaban J connectivity index is 2.34. The first-order chi connectivity index (χ1) is 7.77. The lowest BCUT2D eigenvalue weighted by atomic mass is 10.0. The Morgan fingerprint density at radius 1 is 1.00 bits per heavy atom. The third kappa shape index (κ3) is 2.55. The fourth-order valence-corrected chi connectivity index (χ4v) is 2.04. The highest BCUT2D eigenvalue weighted by atomic mass is 28.4. The van der Waals surface area contributed by atoms with Crippen LogP contribution in [0.5, 0.6) is 0 Å². The molecule has 16 heavy (non-hydrogen) atoms. The van der Waals surface area contributed by atoms with Gasteiger partial charge in [-0.1, -0.05) is 54.6 Å². The van der Waals surface area contributed by atoms with Crippen molar-refractivity contribution in [1.82, 2.24) is 0 Å². The molecule has 0 nitrogen and oxygen atoms in total. The molecule has 82 valence electrons. The Hall–Kier alpha value is -1.48. The molecule has 0 bridgehead atoms. The van der Waals surface area contributed by atoms with E-state index in [4.69, 9.17) is 0 Å². The highest BCUT2D eigenvalue weighted by Gasteiger charge is 2.02. The molecular formula is C13H12F2Si. The highest BCUT2D eigenvalue weighted by molar-refractivity contribution is 6.43. The lowest BCUT2D eigenvalue weighted by molar-refractivity contribution is 0.664. The Labute approximate surface area is 95.2 Å². The number of rotatable bonds is 3. The molecule has 0 heterocycles. The van der Waals surface area contributed by atoms with Gasteiger partial charge in [-0.05, 0) is 16.3 Å². The van der Waals surface area contributed by atoms with E-state index in [0.29, 0.717) is 0 Å². The minimum Gasteiger partial charge on any atom is -0.274 e. The molecule has 2 rings (SSSR count). The van der Waals surface area contributed by atoms with E-state index in [0.717, 1.165) is 16.3 Å². The second kappa shape index (κ2) is 5.03. The molecule has 0 aliphatic carbocycles. The fourth-order valence-electron chi connectivity index (χ4n) is 1.69. The quantitative estimate of drug-likeness (QED) is 0.556. The Morgan fingerprint density at radius 2 is 1.75 bits per heavy atom. The molecule has 0 N–H and O–H groups in total. The van der Waals surface area contributed by atoms with E-state index in [1.165, 1.54) is 0 Å². The summed E-state index contributed by atoms with van der Waals surface area (Å²) in [5.74, 6) is 0. The van der Waals surface area contributed by atoms with E-state index >= 15 is 0 Å². The zero-order chi connectivity index (χ0) is 11.4. The fraction of sp³-hybridized carbons (Fsp3) is 0.0769. The lowest BCUT2D eigenvalue weighted by Gasteiger charge is -2.01. The summed E-state index contributed by atoms with van der Waals surface area (Å²) >= 11 is 0. The van der Waals surface area contributed by atoms with Crippen molar-refractivity contribution >= 4 is 26.3 Å². The molecule has 0 aliphatic rings. The summed E-state index contributed by atoms with van der Waals surface area (Å²) in [5.41, 5.74) is 1.01. The van der Waals surface area contributed by atoms with Crippen molar-refractivity contribution in [2.24, 2.45) is 0 Å². The Bertz CT molecular complexity index is 501.